The molecule has 1 aliphatic heterocycles. The van der Waals surface area contributed by atoms with Gasteiger partial charge in [0, 0.05) is 30.9 Å². The molecule has 1 fully saturated rings. The number of carbonyl (C=O) groups is 1. The second kappa shape index (κ2) is 9.45. The molecule has 32 heavy (non-hydrogen) atoms. The normalized spacial score (nSPS) is 15.8. The molecule has 1 saturated heterocycles. The minimum Gasteiger partial charge on any atom is -0.397 e. The number of anilines is 3. The van der Waals surface area contributed by atoms with Crippen LogP contribution in [-0.4, -0.2) is 35.0 Å². The summed E-state index contributed by atoms with van der Waals surface area (Å²) in [5.41, 5.74) is 16.4. The second-order valence-corrected chi connectivity index (χ2v) is 7.86. The smallest absolute Gasteiger partial charge is 0.276 e. The largest absolute Gasteiger partial charge is 0.397 e. The van der Waals surface area contributed by atoms with Crippen LogP contribution in [0.2, 0.25) is 0 Å². The molecule has 1 aromatic carbocycles. The highest BCUT2D eigenvalue weighted by atomic mass is 16.1. The van der Waals surface area contributed by atoms with Gasteiger partial charge in [-0.05, 0) is 42.7 Å². The first-order valence-corrected chi connectivity index (χ1v) is 10.5. The summed E-state index contributed by atoms with van der Waals surface area (Å²) in [5.74, 6) is -0.409. The van der Waals surface area contributed by atoms with Gasteiger partial charge >= 0.3 is 0 Å². The van der Waals surface area contributed by atoms with E-state index in [-0.39, 0.29) is 17.4 Å². The lowest BCUT2D eigenvalue weighted by Crippen LogP contribution is -2.43. The molecule has 8 heteroatoms. The topological polar surface area (TPSA) is 134 Å². The van der Waals surface area contributed by atoms with E-state index >= 15 is 0 Å². The van der Waals surface area contributed by atoms with Crippen molar-refractivity contribution in [1.29, 1.82) is 5.26 Å². The number of benzene rings is 1. The SMILES string of the molecule is N#CCc1cccc(-c2ccc(N)c(C(=O)Nc3cnccc3N3CCCC(N)C3)n2)c1. The summed E-state index contributed by atoms with van der Waals surface area (Å²) in [6.45, 7) is 1.59. The molecule has 0 bridgehead atoms. The van der Waals surface area contributed by atoms with Crippen molar-refractivity contribution < 1.29 is 4.79 Å². The Labute approximate surface area is 186 Å². The number of nitrogens with two attached hydrogens (primary N) is 2. The third kappa shape index (κ3) is 4.68. The van der Waals surface area contributed by atoms with Gasteiger partial charge in [0.25, 0.3) is 5.91 Å². The molecule has 8 nitrogen and oxygen atoms in total. The van der Waals surface area contributed by atoms with Gasteiger partial charge in [-0.3, -0.25) is 9.78 Å². The summed E-state index contributed by atoms with van der Waals surface area (Å²) in [6.07, 6.45) is 5.62. The number of piperidine rings is 1. The zero-order valence-electron chi connectivity index (χ0n) is 17.7. The summed E-state index contributed by atoms with van der Waals surface area (Å²) < 4.78 is 0. The summed E-state index contributed by atoms with van der Waals surface area (Å²) in [5, 5.41) is 11.9. The van der Waals surface area contributed by atoms with Gasteiger partial charge in [0.05, 0.1) is 41.4 Å². The van der Waals surface area contributed by atoms with Crippen LogP contribution in [0.1, 0.15) is 28.9 Å². The minimum absolute atomic E-state index is 0.103. The molecular weight excluding hydrogens is 402 g/mol. The quantitative estimate of drug-likeness (QED) is 0.570. The average Bonchev–Trinajstić information content (AvgIpc) is 2.80. The highest BCUT2D eigenvalue weighted by Gasteiger charge is 2.21. The number of nitrogen functional groups attached to an aromatic ring is 1. The van der Waals surface area contributed by atoms with Crippen LogP contribution in [0.15, 0.2) is 54.9 Å². The molecule has 4 rings (SSSR count). The fourth-order valence-corrected chi connectivity index (χ4v) is 3.91. The molecule has 1 unspecified atom stereocenters. The van der Waals surface area contributed by atoms with Crippen molar-refractivity contribution in [2.45, 2.75) is 25.3 Å². The van der Waals surface area contributed by atoms with Gasteiger partial charge in [-0.2, -0.15) is 5.26 Å². The monoisotopic (exact) mass is 427 g/mol. The fraction of sp³-hybridized carbons (Fsp3) is 0.250. The molecule has 1 amide bonds. The molecule has 162 valence electrons. The van der Waals surface area contributed by atoms with Gasteiger partial charge in [-0.15, -0.1) is 0 Å². The van der Waals surface area contributed by atoms with Crippen LogP contribution >= 0.6 is 0 Å². The maximum absolute atomic E-state index is 13.1. The molecule has 2 aromatic heterocycles. The Kier molecular flexibility index (Phi) is 6.29. The van der Waals surface area contributed by atoms with Crippen molar-refractivity contribution in [3.8, 4) is 17.3 Å². The van der Waals surface area contributed by atoms with Gasteiger partial charge in [-0.1, -0.05) is 18.2 Å². The van der Waals surface area contributed by atoms with Crippen LogP contribution in [0.25, 0.3) is 11.3 Å². The van der Waals surface area contributed by atoms with Crippen molar-refractivity contribution >= 4 is 23.0 Å². The predicted octanol–water partition coefficient (Wildman–Crippen LogP) is 2.97. The van der Waals surface area contributed by atoms with Crippen molar-refractivity contribution in [3.63, 3.8) is 0 Å². The first kappa shape index (κ1) is 21.3. The number of aromatic nitrogens is 2. The molecule has 0 saturated carbocycles. The lowest BCUT2D eigenvalue weighted by atomic mass is 10.1. The van der Waals surface area contributed by atoms with E-state index in [9.17, 15) is 4.79 Å². The third-order valence-electron chi connectivity index (χ3n) is 5.49. The number of nitrogens with zero attached hydrogens (tertiary/aromatic N) is 4. The van der Waals surface area contributed by atoms with Crippen LogP contribution in [0.4, 0.5) is 17.1 Å². The lowest BCUT2D eigenvalue weighted by Gasteiger charge is -2.33. The van der Waals surface area contributed by atoms with Gasteiger partial charge < -0.3 is 21.7 Å². The number of pyridine rings is 2. The molecule has 5 N–H and O–H groups in total. The Morgan fingerprint density at radius 1 is 1.28 bits per heavy atom. The highest BCUT2D eigenvalue weighted by Crippen LogP contribution is 2.28. The number of hydrogen-bond acceptors (Lipinski definition) is 7. The average molecular weight is 428 g/mol. The number of hydrogen-bond donors (Lipinski definition) is 3. The summed E-state index contributed by atoms with van der Waals surface area (Å²) in [4.78, 5) is 24.0. The molecule has 1 aliphatic rings. The summed E-state index contributed by atoms with van der Waals surface area (Å²) in [7, 11) is 0. The molecule has 0 spiro atoms. The summed E-state index contributed by atoms with van der Waals surface area (Å²) >= 11 is 0. The van der Waals surface area contributed by atoms with E-state index in [0.717, 1.165) is 42.7 Å². The fourth-order valence-electron chi connectivity index (χ4n) is 3.91. The first-order valence-electron chi connectivity index (χ1n) is 10.5. The Morgan fingerprint density at radius 3 is 2.97 bits per heavy atom. The number of carbonyl (C=O) groups excluding carboxylic acids is 1. The summed E-state index contributed by atoms with van der Waals surface area (Å²) in [6, 6.07) is 15.1. The van der Waals surface area contributed by atoms with E-state index in [1.54, 1.807) is 24.5 Å². The van der Waals surface area contributed by atoms with E-state index in [2.05, 4.69) is 26.3 Å². The standard InChI is InChI=1S/C24H25N7O/c25-10-8-16-3-1-4-17(13-16)20-7-6-19(27)23(29-20)24(32)30-21-14-28-11-9-22(21)31-12-2-5-18(26)15-31/h1,3-4,6-7,9,11,13-14,18H,2,5,8,12,15,26-27H2,(H,30,32). The number of amides is 1. The van der Waals surface area contributed by atoms with Crippen molar-refractivity contribution in [1.82, 2.24) is 9.97 Å². The molecule has 0 radical (unpaired) electrons. The predicted molar refractivity (Wildman–Crippen MR) is 125 cm³/mol. The number of rotatable bonds is 5. The Bertz CT molecular complexity index is 1170. The van der Waals surface area contributed by atoms with Crippen LogP contribution in [-0.2, 0) is 6.42 Å². The van der Waals surface area contributed by atoms with Crippen LogP contribution in [0.3, 0.4) is 0 Å². The van der Waals surface area contributed by atoms with Gasteiger partial charge in [0.2, 0.25) is 0 Å². The van der Waals surface area contributed by atoms with Gasteiger partial charge in [0.1, 0.15) is 0 Å². The second-order valence-electron chi connectivity index (χ2n) is 7.86. The van der Waals surface area contributed by atoms with E-state index < -0.39 is 5.91 Å². The number of nitriles is 1. The zero-order chi connectivity index (χ0) is 22.5. The Hall–Kier alpha value is -3.96. The zero-order valence-corrected chi connectivity index (χ0v) is 17.7. The molecular formula is C24H25N7O. The van der Waals surface area contributed by atoms with E-state index in [1.807, 2.05) is 30.3 Å². The first-order chi connectivity index (χ1) is 15.5. The maximum Gasteiger partial charge on any atom is 0.276 e. The maximum atomic E-state index is 13.1. The van der Waals surface area contributed by atoms with Gasteiger partial charge in [0.15, 0.2) is 5.69 Å². The molecule has 0 aliphatic carbocycles. The minimum atomic E-state index is -0.409. The van der Waals surface area contributed by atoms with Crippen molar-refractivity contribution in [2.24, 2.45) is 5.73 Å². The van der Waals surface area contributed by atoms with E-state index in [0.29, 0.717) is 17.8 Å². The van der Waals surface area contributed by atoms with Crippen LogP contribution in [0.5, 0.6) is 0 Å². The van der Waals surface area contributed by atoms with Crippen molar-refractivity contribution in [2.75, 3.05) is 29.0 Å². The Morgan fingerprint density at radius 2 is 2.16 bits per heavy atom. The highest BCUT2D eigenvalue weighted by molar-refractivity contribution is 6.07. The molecule has 3 heterocycles. The Balaban J connectivity index is 1.61. The number of nitrogens with one attached hydrogen (secondary N) is 1. The van der Waals surface area contributed by atoms with E-state index in [1.165, 1.54) is 0 Å². The molecule has 3 aromatic rings. The molecule has 1 atom stereocenters. The van der Waals surface area contributed by atoms with Crippen molar-refractivity contribution in [3.05, 3.63) is 66.1 Å². The van der Waals surface area contributed by atoms with Gasteiger partial charge in [-0.25, -0.2) is 4.98 Å². The third-order valence-corrected chi connectivity index (χ3v) is 5.49. The van der Waals surface area contributed by atoms with E-state index in [4.69, 9.17) is 16.7 Å². The lowest BCUT2D eigenvalue weighted by molar-refractivity contribution is 0.102. The van der Waals surface area contributed by atoms with Crippen LogP contribution < -0.4 is 21.7 Å². The van der Waals surface area contributed by atoms with Crippen LogP contribution in [0, 0.1) is 11.3 Å².